The fraction of sp³-hybridized carbons (Fsp3) is 0.481. The lowest BCUT2D eigenvalue weighted by Gasteiger charge is -2.40. The minimum absolute atomic E-state index is 0.0542. The predicted octanol–water partition coefficient (Wildman–Crippen LogP) is 3.85. The molecule has 0 bridgehead atoms. The number of amides is 2. The van der Waals surface area contributed by atoms with Crippen LogP contribution in [0.5, 0.6) is 0 Å². The molecule has 2 aromatic rings. The second-order valence-corrected chi connectivity index (χ2v) is 9.58. The summed E-state index contributed by atoms with van der Waals surface area (Å²) >= 11 is 0. The predicted molar refractivity (Wildman–Crippen MR) is 125 cm³/mol. The molecule has 0 saturated carbocycles. The Hall–Kier alpha value is -2.66. The number of ether oxygens (including phenoxy) is 1. The molecule has 4 rings (SSSR count). The van der Waals surface area contributed by atoms with Gasteiger partial charge in [0.2, 0.25) is 11.8 Å². The summed E-state index contributed by atoms with van der Waals surface area (Å²) in [5.41, 5.74) is 3.41. The van der Waals surface area contributed by atoms with Gasteiger partial charge in [-0.05, 0) is 35.4 Å². The van der Waals surface area contributed by atoms with Gasteiger partial charge in [0.25, 0.3) is 0 Å². The van der Waals surface area contributed by atoms with Crippen LogP contribution in [0.3, 0.4) is 0 Å². The van der Waals surface area contributed by atoms with Crippen LogP contribution >= 0.6 is 0 Å². The summed E-state index contributed by atoms with van der Waals surface area (Å²) in [4.78, 5) is 28.3. The van der Waals surface area contributed by atoms with Gasteiger partial charge in [-0.25, -0.2) is 0 Å². The van der Waals surface area contributed by atoms with Gasteiger partial charge in [0.15, 0.2) is 0 Å². The molecule has 1 fully saturated rings. The first kappa shape index (κ1) is 22.5. The number of nitrogens with one attached hydrogen (secondary N) is 1. The summed E-state index contributed by atoms with van der Waals surface area (Å²) in [6.07, 6.45) is 2.77. The lowest BCUT2D eigenvalue weighted by atomic mass is 9.74. The van der Waals surface area contributed by atoms with Crippen molar-refractivity contribution in [1.29, 1.82) is 0 Å². The maximum Gasteiger partial charge on any atom is 0.243 e. The maximum atomic E-state index is 13.5. The van der Waals surface area contributed by atoms with Crippen molar-refractivity contribution in [2.45, 2.75) is 57.5 Å². The van der Waals surface area contributed by atoms with E-state index >= 15 is 0 Å². The lowest BCUT2D eigenvalue weighted by Crippen LogP contribution is -2.55. The Balaban J connectivity index is 1.54. The number of nitrogens with zero attached hydrogens (tertiary/aromatic N) is 1. The highest BCUT2D eigenvalue weighted by atomic mass is 16.5. The van der Waals surface area contributed by atoms with E-state index in [0.717, 1.165) is 24.0 Å². The standard InChI is InChI=1S/C27H34N2O3/c1-20(2)16-25(30)29-18-22-9-7-6-8-21(22)17-24(29)26(31)28-19-27(12-14-32-15-13-27)23-10-4-3-5-11-23/h3-11,20,24H,12-19H2,1-2H3,(H,28,31). The number of carbonyl (C=O) groups excluding carboxylic acids is 2. The zero-order chi connectivity index (χ0) is 22.6. The van der Waals surface area contributed by atoms with E-state index in [0.29, 0.717) is 39.1 Å². The number of rotatable bonds is 6. The summed E-state index contributed by atoms with van der Waals surface area (Å²) in [6, 6.07) is 18.1. The minimum Gasteiger partial charge on any atom is -0.381 e. The topological polar surface area (TPSA) is 58.6 Å². The van der Waals surface area contributed by atoms with Gasteiger partial charge in [-0.15, -0.1) is 0 Å². The summed E-state index contributed by atoms with van der Waals surface area (Å²) in [7, 11) is 0. The molecular weight excluding hydrogens is 400 g/mol. The van der Waals surface area contributed by atoms with E-state index in [1.54, 1.807) is 4.90 Å². The van der Waals surface area contributed by atoms with Gasteiger partial charge in [0, 0.05) is 44.6 Å². The highest BCUT2D eigenvalue weighted by Crippen LogP contribution is 2.34. The Kier molecular flexibility index (Phi) is 6.95. The molecule has 0 spiro atoms. The quantitative estimate of drug-likeness (QED) is 0.751. The number of hydrogen-bond donors (Lipinski definition) is 1. The highest BCUT2D eigenvalue weighted by Gasteiger charge is 2.38. The molecule has 2 aliphatic heterocycles. The third kappa shape index (κ3) is 4.88. The molecule has 0 radical (unpaired) electrons. The fourth-order valence-electron chi connectivity index (χ4n) is 4.98. The van der Waals surface area contributed by atoms with Crippen LogP contribution < -0.4 is 5.32 Å². The van der Waals surface area contributed by atoms with Crippen LogP contribution in [0, 0.1) is 5.92 Å². The normalized spacial score (nSPS) is 20.0. The molecule has 0 aliphatic carbocycles. The van der Waals surface area contributed by atoms with E-state index < -0.39 is 6.04 Å². The molecular formula is C27H34N2O3. The molecule has 170 valence electrons. The first-order chi connectivity index (χ1) is 15.5. The van der Waals surface area contributed by atoms with E-state index in [9.17, 15) is 9.59 Å². The van der Waals surface area contributed by atoms with Gasteiger partial charge in [-0.1, -0.05) is 68.4 Å². The van der Waals surface area contributed by atoms with Crippen molar-refractivity contribution in [3.63, 3.8) is 0 Å². The lowest BCUT2D eigenvalue weighted by molar-refractivity contribution is -0.142. The minimum atomic E-state index is -0.469. The largest absolute Gasteiger partial charge is 0.381 e. The molecule has 1 N–H and O–H groups in total. The average Bonchev–Trinajstić information content (AvgIpc) is 2.82. The van der Waals surface area contributed by atoms with Gasteiger partial charge in [-0.3, -0.25) is 9.59 Å². The van der Waals surface area contributed by atoms with Crippen molar-refractivity contribution in [2.24, 2.45) is 5.92 Å². The van der Waals surface area contributed by atoms with Gasteiger partial charge in [0.05, 0.1) is 0 Å². The summed E-state index contributed by atoms with van der Waals surface area (Å²) in [5.74, 6) is 0.254. The second-order valence-electron chi connectivity index (χ2n) is 9.58. The van der Waals surface area contributed by atoms with E-state index in [4.69, 9.17) is 4.74 Å². The second kappa shape index (κ2) is 9.86. The first-order valence-electron chi connectivity index (χ1n) is 11.8. The van der Waals surface area contributed by atoms with Crippen molar-refractivity contribution in [3.05, 3.63) is 71.3 Å². The molecule has 2 aromatic carbocycles. The Morgan fingerprint density at radius 1 is 1.03 bits per heavy atom. The number of hydrogen-bond acceptors (Lipinski definition) is 3. The molecule has 2 amide bonds. The van der Waals surface area contributed by atoms with Gasteiger partial charge < -0.3 is 15.0 Å². The zero-order valence-corrected chi connectivity index (χ0v) is 19.2. The van der Waals surface area contributed by atoms with Crippen molar-refractivity contribution in [2.75, 3.05) is 19.8 Å². The van der Waals surface area contributed by atoms with Gasteiger partial charge in [0.1, 0.15) is 6.04 Å². The Morgan fingerprint density at radius 3 is 2.38 bits per heavy atom. The Labute approximate surface area is 191 Å². The van der Waals surface area contributed by atoms with Crippen LogP contribution in [-0.4, -0.2) is 42.5 Å². The summed E-state index contributed by atoms with van der Waals surface area (Å²) in [6.45, 7) is 6.53. The van der Waals surface area contributed by atoms with Crippen LogP contribution in [0.2, 0.25) is 0 Å². The van der Waals surface area contributed by atoms with Crippen molar-refractivity contribution in [3.8, 4) is 0 Å². The number of fused-ring (bicyclic) bond motifs is 1. The highest BCUT2D eigenvalue weighted by molar-refractivity contribution is 5.88. The molecule has 5 heteroatoms. The van der Waals surface area contributed by atoms with E-state index in [1.165, 1.54) is 5.56 Å². The number of carbonyl (C=O) groups is 2. The molecule has 2 aliphatic rings. The van der Waals surface area contributed by atoms with Crippen LogP contribution in [0.1, 0.15) is 49.8 Å². The van der Waals surface area contributed by atoms with Gasteiger partial charge >= 0.3 is 0 Å². The van der Waals surface area contributed by atoms with Gasteiger partial charge in [-0.2, -0.15) is 0 Å². The summed E-state index contributed by atoms with van der Waals surface area (Å²) in [5, 5.41) is 3.24. The smallest absolute Gasteiger partial charge is 0.243 e. The maximum absolute atomic E-state index is 13.5. The van der Waals surface area contributed by atoms with Crippen LogP contribution in [0.15, 0.2) is 54.6 Å². The monoisotopic (exact) mass is 434 g/mol. The SMILES string of the molecule is CC(C)CC(=O)N1Cc2ccccc2CC1C(=O)NCC1(c2ccccc2)CCOCC1. The average molecular weight is 435 g/mol. The molecule has 32 heavy (non-hydrogen) atoms. The van der Waals surface area contributed by atoms with Crippen molar-refractivity contribution >= 4 is 11.8 Å². The first-order valence-corrected chi connectivity index (χ1v) is 11.8. The molecule has 0 aromatic heterocycles. The van der Waals surface area contributed by atoms with E-state index in [2.05, 4.69) is 41.7 Å². The fourth-order valence-corrected chi connectivity index (χ4v) is 4.98. The van der Waals surface area contributed by atoms with Crippen LogP contribution in [-0.2, 0) is 32.7 Å². The third-order valence-corrected chi connectivity index (χ3v) is 6.89. The molecule has 1 saturated heterocycles. The van der Waals surface area contributed by atoms with E-state index in [1.807, 2.05) is 32.0 Å². The molecule has 1 unspecified atom stereocenters. The van der Waals surface area contributed by atoms with Crippen LogP contribution in [0.25, 0.3) is 0 Å². The number of benzene rings is 2. The third-order valence-electron chi connectivity index (χ3n) is 6.89. The molecule has 1 atom stereocenters. The zero-order valence-electron chi connectivity index (χ0n) is 19.2. The van der Waals surface area contributed by atoms with Crippen molar-refractivity contribution < 1.29 is 14.3 Å². The van der Waals surface area contributed by atoms with Crippen molar-refractivity contribution in [1.82, 2.24) is 10.2 Å². The Bertz CT molecular complexity index is 935. The Morgan fingerprint density at radius 2 is 1.69 bits per heavy atom. The van der Waals surface area contributed by atoms with Crippen LogP contribution in [0.4, 0.5) is 0 Å². The summed E-state index contributed by atoms with van der Waals surface area (Å²) < 4.78 is 5.63. The molecule has 2 heterocycles. The molecule has 5 nitrogen and oxygen atoms in total. The van der Waals surface area contributed by atoms with E-state index in [-0.39, 0.29) is 23.1 Å².